The van der Waals surface area contributed by atoms with Crippen LogP contribution in [0.25, 0.3) is 0 Å². The molecule has 1 aliphatic heterocycles. The zero-order chi connectivity index (χ0) is 16.3. The van der Waals surface area contributed by atoms with Crippen LogP contribution in [0.3, 0.4) is 0 Å². The summed E-state index contributed by atoms with van der Waals surface area (Å²) in [6.07, 6.45) is 2.33. The third-order valence-corrected chi connectivity index (χ3v) is 3.84. The number of carbonyl (C=O) groups is 1. The van der Waals surface area contributed by atoms with E-state index in [0.717, 1.165) is 18.9 Å². The first-order valence-electron chi connectivity index (χ1n) is 7.66. The van der Waals surface area contributed by atoms with E-state index in [2.05, 4.69) is 0 Å². The lowest BCUT2D eigenvalue weighted by Crippen LogP contribution is -2.39. The molecule has 5 heteroatoms. The molecular weight excluding hydrogens is 288 g/mol. The van der Waals surface area contributed by atoms with Crippen LogP contribution in [-0.4, -0.2) is 24.1 Å². The average molecular weight is 311 g/mol. The average Bonchev–Trinajstić information content (AvgIpc) is 2.38. The highest BCUT2D eigenvalue weighted by atomic mass is 19.1. The fourth-order valence-electron chi connectivity index (χ4n) is 2.52. The Labute approximate surface area is 130 Å². The first-order chi connectivity index (χ1) is 10.2. The maximum absolute atomic E-state index is 13.2. The van der Waals surface area contributed by atoms with Crippen molar-refractivity contribution < 1.29 is 18.4 Å². The second kappa shape index (κ2) is 6.73. The number of rotatable bonds is 3. The van der Waals surface area contributed by atoms with E-state index in [9.17, 15) is 13.6 Å². The van der Waals surface area contributed by atoms with Gasteiger partial charge in [-0.25, -0.2) is 13.6 Å². The second-order valence-electron chi connectivity index (χ2n) is 6.98. The Kier molecular flexibility index (Phi) is 5.16. The standard InChI is InChI=1S/C17H23F2NO2/c1-17(2,3)16(21)22-20-6-4-12(5-7-20)8-13-9-14(18)11-15(19)10-13/h9-12H,4-8H2,1-3H3. The third-order valence-electron chi connectivity index (χ3n) is 3.84. The maximum atomic E-state index is 13.2. The van der Waals surface area contributed by atoms with Gasteiger partial charge in [-0.1, -0.05) is 0 Å². The number of hydroxylamine groups is 2. The van der Waals surface area contributed by atoms with Gasteiger partial charge in [-0.2, -0.15) is 0 Å². The van der Waals surface area contributed by atoms with Gasteiger partial charge < -0.3 is 4.84 Å². The molecule has 1 saturated heterocycles. The van der Waals surface area contributed by atoms with Crippen LogP contribution in [0, 0.1) is 23.0 Å². The van der Waals surface area contributed by atoms with E-state index in [0.29, 0.717) is 31.0 Å². The minimum Gasteiger partial charge on any atom is -0.367 e. The second-order valence-corrected chi connectivity index (χ2v) is 6.98. The molecule has 2 rings (SSSR count). The first-order valence-corrected chi connectivity index (χ1v) is 7.66. The van der Waals surface area contributed by atoms with Gasteiger partial charge in [0.25, 0.3) is 0 Å². The largest absolute Gasteiger partial charge is 0.367 e. The molecule has 1 aromatic rings. The molecule has 3 nitrogen and oxygen atoms in total. The first kappa shape index (κ1) is 16.9. The number of piperidine rings is 1. The summed E-state index contributed by atoms with van der Waals surface area (Å²) >= 11 is 0. The molecule has 1 aliphatic rings. The molecule has 0 aromatic heterocycles. The molecule has 1 fully saturated rings. The van der Waals surface area contributed by atoms with E-state index < -0.39 is 17.0 Å². The van der Waals surface area contributed by atoms with Crippen LogP contribution in [0.4, 0.5) is 8.78 Å². The fourth-order valence-corrected chi connectivity index (χ4v) is 2.52. The quantitative estimate of drug-likeness (QED) is 0.852. The summed E-state index contributed by atoms with van der Waals surface area (Å²) in [4.78, 5) is 17.2. The lowest BCUT2D eigenvalue weighted by atomic mass is 9.91. The van der Waals surface area contributed by atoms with Crippen molar-refractivity contribution in [2.75, 3.05) is 13.1 Å². The summed E-state index contributed by atoms with van der Waals surface area (Å²) in [6, 6.07) is 3.65. The van der Waals surface area contributed by atoms with Gasteiger partial charge in [0.15, 0.2) is 0 Å². The topological polar surface area (TPSA) is 29.5 Å². The smallest absolute Gasteiger partial charge is 0.330 e. The van der Waals surface area contributed by atoms with Gasteiger partial charge in [-0.3, -0.25) is 0 Å². The zero-order valence-corrected chi connectivity index (χ0v) is 13.4. The lowest BCUT2D eigenvalue weighted by molar-refractivity contribution is -0.206. The Bertz CT molecular complexity index is 512. The highest BCUT2D eigenvalue weighted by Gasteiger charge is 2.28. The number of hydrogen-bond donors (Lipinski definition) is 0. The van der Waals surface area contributed by atoms with E-state index in [1.54, 1.807) is 5.06 Å². The van der Waals surface area contributed by atoms with Crippen molar-refractivity contribution in [1.29, 1.82) is 0 Å². The van der Waals surface area contributed by atoms with Gasteiger partial charge in [0.2, 0.25) is 0 Å². The molecule has 0 atom stereocenters. The minimum atomic E-state index is -0.536. The molecule has 0 bridgehead atoms. The van der Waals surface area contributed by atoms with Crippen molar-refractivity contribution in [3.05, 3.63) is 35.4 Å². The Balaban J connectivity index is 1.83. The van der Waals surface area contributed by atoms with Crippen molar-refractivity contribution in [3.63, 3.8) is 0 Å². The summed E-state index contributed by atoms with van der Waals surface area (Å²) in [5.41, 5.74) is 0.165. The highest BCUT2D eigenvalue weighted by Crippen LogP contribution is 2.24. The Hall–Kier alpha value is -1.49. The number of halogens is 2. The Morgan fingerprint density at radius 1 is 1.18 bits per heavy atom. The predicted octanol–water partition coefficient (Wildman–Crippen LogP) is 3.72. The van der Waals surface area contributed by atoms with Crippen molar-refractivity contribution in [3.8, 4) is 0 Å². The van der Waals surface area contributed by atoms with E-state index in [4.69, 9.17) is 4.84 Å². The molecule has 0 unspecified atom stereocenters. The molecule has 1 heterocycles. The molecule has 0 spiro atoms. The normalized spacial score (nSPS) is 17.5. The summed E-state index contributed by atoms with van der Waals surface area (Å²) in [7, 11) is 0. The molecular formula is C17H23F2NO2. The van der Waals surface area contributed by atoms with Gasteiger partial charge in [0.05, 0.1) is 5.41 Å². The van der Waals surface area contributed by atoms with E-state index in [1.165, 1.54) is 12.1 Å². The maximum Gasteiger partial charge on any atom is 0.330 e. The monoisotopic (exact) mass is 311 g/mol. The van der Waals surface area contributed by atoms with Crippen LogP contribution in [0.2, 0.25) is 0 Å². The fraction of sp³-hybridized carbons (Fsp3) is 0.588. The van der Waals surface area contributed by atoms with Gasteiger partial charge in [-0.15, -0.1) is 5.06 Å². The van der Waals surface area contributed by atoms with Crippen molar-refractivity contribution >= 4 is 5.97 Å². The van der Waals surface area contributed by atoms with Crippen LogP contribution in [0.15, 0.2) is 18.2 Å². The van der Waals surface area contributed by atoms with Crippen LogP contribution in [-0.2, 0) is 16.1 Å². The minimum absolute atomic E-state index is 0.238. The Morgan fingerprint density at radius 3 is 2.23 bits per heavy atom. The van der Waals surface area contributed by atoms with E-state index in [-0.39, 0.29) is 5.97 Å². The van der Waals surface area contributed by atoms with Gasteiger partial charge >= 0.3 is 5.97 Å². The van der Waals surface area contributed by atoms with Gasteiger partial charge in [0, 0.05) is 19.2 Å². The molecule has 22 heavy (non-hydrogen) atoms. The molecule has 0 aliphatic carbocycles. The van der Waals surface area contributed by atoms with Gasteiger partial charge in [0.1, 0.15) is 11.6 Å². The molecule has 0 radical (unpaired) electrons. The number of nitrogens with zero attached hydrogens (tertiary/aromatic N) is 1. The number of carbonyl (C=O) groups excluding carboxylic acids is 1. The van der Waals surface area contributed by atoms with E-state index >= 15 is 0 Å². The molecule has 0 amide bonds. The third kappa shape index (κ3) is 4.77. The van der Waals surface area contributed by atoms with Crippen molar-refractivity contribution in [2.24, 2.45) is 11.3 Å². The number of benzene rings is 1. The van der Waals surface area contributed by atoms with Crippen LogP contribution < -0.4 is 0 Å². The van der Waals surface area contributed by atoms with Crippen molar-refractivity contribution in [1.82, 2.24) is 5.06 Å². The van der Waals surface area contributed by atoms with Crippen LogP contribution in [0.1, 0.15) is 39.2 Å². The zero-order valence-electron chi connectivity index (χ0n) is 13.4. The Morgan fingerprint density at radius 2 is 1.73 bits per heavy atom. The molecule has 0 saturated carbocycles. The summed E-state index contributed by atoms with van der Waals surface area (Å²) < 4.78 is 26.4. The summed E-state index contributed by atoms with van der Waals surface area (Å²) in [5.74, 6) is -0.956. The van der Waals surface area contributed by atoms with Crippen LogP contribution in [0.5, 0.6) is 0 Å². The SMILES string of the molecule is CC(C)(C)C(=O)ON1CCC(Cc2cc(F)cc(F)c2)CC1. The van der Waals surface area contributed by atoms with E-state index in [1.807, 2.05) is 20.8 Å². The van der Waals surface area contributed by atoms with Crippen molar-refractivity contribution in [2.45, 2.75) is 40.0 Å². The van der Waals surface area contributed by atoms with Crippen LogP contribution >= 0.6 is 0 Å². The molecule has 1 aromatic carbocycles. The summed E-state index contributed by atoms with van der Waals surface area (Å²) in [6.45, 7) is 6.77. The highest BCUT2D eigenvalue weighted by molar-refractivity contribution is 5.75. The summed E-state index contributed by atoms with van der Waals surface area (Å²) in [5, 5.41) is 1.69. The van der Waals surface area contributed by atoms with Gasteiger partial charge in [-0.05, 0) is 63.6 Å². The predicted molar refractivity (Wildman–Crippen MR) is 79.9 cm³/mol. The number of hydrogen-bond acceptors (Lipinski definition) is 3. The lowest BCUT2D eigenvalue weighted by Gasteiger charge is -2.32. The molecule has 0 N–H and O–H groups in total. The molecule has 122 valence electrons.